The zero-order valence-corrected chi connectivity index (χ0v) is 12.6. The third-order valence-corrected chi connectivity index (χ3v) is 3.79. The van der Waals surface area contributed by atoms with E-state index in [-0.39, 0.29) is 11.2 Å². The summed E-state index contributed by atoms with van der Waals surface area (Å²) in [5, 5.41) is 3.03. The number of carbonyl (C=O) groups is 1. The van der Waals surface area contributed by atoms with Gasteiger partial charge in [-0.05, 0) is 37.4 Å². The Bertz CT molecular complexity index is 706. The summed E-state index contributed by atoms with van der Waals surface area (Å²) in [7, 11) is 0. The molecular formula is C15H15ClN4O. The predicted molar refractivity (Wildman–Crippen MR) is 83.2 cm³/mol. The average Bonchev–Trinajstić information content (AvgIpc) is 2.85. The quantitative estimate of drug-likeness (QED) is 0.810. The van der Waals surface area contributed by atoms with E-state index in [0.29, 0.717) is 17.1 Å². The number of anilines is 2. The Balaban J connectivity index is 2.27. The standard InChI is InChI=1S/C15H15ClN4O/c1-3-5-10-12-9(4-2)6-7-20(12)13-11(18-14(10)21)8-17-15(16)19-13/h3-5,8H,6-7H2,1-2H3,(H,18,21)/b5-3-,9-4-. The molecule has 108 valence electrons. The Morgan fingerprint density at radius 1 is 1.43 bits per heavy atom. The summed E-state index contributed by atoms with van der Waals surface area (Å²) >= 11 is 5.92. The minimum atomic E-state index is -0.154. The van der Waals surface area contributed by atoms with Crippen LogP contribution in [0.15, 0.2) is 41.3 Å². The van der Waals surface area contributed by atoms with Crippen LogP contribution in [0.1, 0.15) is 20.3 Å². The minimum absolute atomic E-state index is 0.154. The summed E-state index contributed by atoms with van der Waals surface area (Å²) in [6.07, 6.45) is 8.15. The van der Waals surface area contributed by atoms with Gasteiger partial charge in [-0.3, -0.25) is 4.79 Å². The monoisotopic (exact) mass is 302 g/mol. The fourth-order valence-electron chi connectivity index (χ4n) is 2.71. The van der Waals surface area contributed by atoms with E-state index < -0.39 is 0 Å². The van der Waals surface area contributed by atoms with E-state index in [1.807, 2.05) is 37.0 Å². The number of nitrogens with zero attached hydrogens (tertiary/aromatic N) is 3. The van der Waals surface area contributed by atoms with Gasteiger partial charge in [0.05, 0.1) is 17.5 Å². The van der Waals surface area contributed by atoms with Crippen LogP contribution in [0.25, 0.3) is 0 Å². The molecule has 0 unspecified atom stereocenters. The Morgan fingerprint density at radius 2 is 2.24 bits per heavy atom. The maximum atomic E-state index is 12.5. The smallest absolute Gasteiger partial charge is 0.257 e. The summed E-state index contributed by atoms with van der Waals surface area (Å²) in [5.74, 6) is 0.494. The molecule has 1 saturated heterocycles. The van der Waals surface area contributed by atoms with Gasteiger partial charge in [0.15, 0.2) is 5.82 Å². The lowest BCUT2D eigenvalue weighted by atomic mass is 10.1. The van der Waals surface area contributed by atoms with Crippen LogP contribution in [0.2, 0.25) is 5.28 Å². The maximum absolute atomic E-state index is 12.5. The molecule has 3 heterocycles. The number of nitrogens with one attached hydrogen (secondary N) is 1. The van der Waals surface area contributed by atoms with Crippen LogP contribution in [-0.4, -0.2) is 22.4 Å². The molecule has 6 heteroatoms. The fourth-order valence-corrected chi connectivity index (χ4v) is 2.84. The van der Waals surface area contributed by atoms with Gasteiger partial charge in [0, 0.05) is 6.54 Å². The summed E-state index contributed by atoms with van der Waals surface area (Å²) < 4.78 is 0. The van der Waals surface area contributed by atoms with Crippen molar-refractivity contribution in [1.29, 1.82) is 0 Å². The van der Waals surface area contributed by atoms with Gasteiger partial charge in [-0.15, -0.1) is 0 Å². The van der Waals surface area contributed by atoms with Crippen LogP contribution in [0.5, 0.6) is 0 Å². The molecule has 1 amide bonds. The molecule has 1 N–H and O–H groups in total. The molecule has 21 heavy (non-hydrogen) atoms. The van der Waals surface area contributed by atoms with Crippen LogP contribution in [0, 0.1) is 0 Å². The first kappa shape index (κ1) is 13.8. The topological polar surface area (TPSA) is 58.1 Å². The molecule has 1 aromatic heterocycles. The molecular weight excluding hydrogens is 288 g/mol. The molecule has 0 atom stereocenters. The van der Waals surface area contributed by atoms with Gasteiger partial charge in [0.25, 0.3) is 5.91 Å². The summed E-state index contributed by atoms with van der Waals surface area (Å²) in [6.45, 7) is 4.64. The summed E-state index contributed by atoms with van der Waals surface area (Å²) in [5.41, 5.74) is 3.26. The number of aromatic nitrogens is 2. The van der Waals surface area contributed by atoms with Crippen molar-refractivity contribution < 1.29 is 4.79 Å². The third kappa shape index (κ3) is 2.23. The molecule has 0 spiro atoms. The Labute approximate surface area is 128 Å². The number of amides is 1. The van der Waals surface area contributed by atoms with Gasteiger partial charge in [-0.2, -0.15) is 4.98 Å². The van der Waals surface area contributed by atoms with Crippen LogP contribution in [-0.2, 0) is 4.79 Å². The highest BCUT2D eigenvalue weighted by molar-refractivity contribution is 6.28. The van der Waals surface area contributed by atoms with Gasteiger partial charge in [0.1, 0.15) is 5.69 Å². The second kappa shape index (κ2) is 5.33. The Hall–Kier alpha value is -2.14. The average molecular weight is 303 g/mol. The molecule has 3 rings (SSSR count). The number of rotatable bonds is 1. The minimum Gasteiger partial charge on any atom is -0.323 e. The first-order valence-electron chi connectivity index (χ1n) is 6.79. The largest absolute Gasteiger partial charge is 0.323 e. The molecule has 1 fully saturated rings. The number of carbonyl (C=O) groups excluding carboxylic acids is 1. The van der Waals surface area contributed by atoms with Crippen LogP contribution < -0.4 is 10.2 Å². The van der Waals surface area contributed by atoms with Crippen molar-refractivity contribution in [3.8, 4) is 0 Å². The number of halogens is 1. The zero-order chi connectivity index (χ0) is 15.0. The SMILES string of the molecule is C/C=C\C1=C2C(=C\C)/CCN2c2nc(Cl)ncc2NC1=O. The fraction of sp³-hybridized carbons (Fsp3) is 0.267. The highest BCUT2D eigenvalue weighted by Gasteiger charge is 2.33. The van der Waals surface area contributed by atoms with Gasteiger partial charge >= 0.3 is 0 Å². The molecule has 2 aliphatic heterocycles. The van der Waals surface area contributed by atoms with E-state index in [4.69, 9.17) is 11.6 Å². The lowest BCUT2D eigenvalue weighted by Crippen LogP contribution is -2.19. The third-order valence-electron chi connectivity index (χ3n) is 3.60. The highest BCUT2D eigenvalue weighted by Crippen LogP contribution is 2.40. The van der Waals surface area contributed by atoms with Crippen LogP contribution in [0.3, 0.4) is 0 Å². The highest BCUT2D eigenvalue weighted by atomic mass is 35.5. The number of hydrogen-bond donors (Lipinski definition) is 1. The molecule has 0 bridgehead atoms. The molecule has 0 radical (unpaired) electrons. The molecule has 0 aromatic carbocycles. The van der Waals surface area contributed by atoms with Crippen molar-refractivity contribution in [2.75, 3.05) is 16.8 Å². The Kier molecular flexibility index (Phi) is 3.51. The van der Waals surface area contributed by atoms with Crippen molar-refractivity contribution in [3.63, 3.8) is 0 Å². The zero-order valence-electron chi connectivity index (χ0n) is 11.9. The number of hydrogen-bond acceptors (Lipinski definition) is 4. The second-order valence-electron chi connectivity index (χ2n) is 4.81. The van der Waals surface area contributed by atoms with E-state index >= 15 is 0 Å². The van der Waals surface area contributed by atoms with Crippen molar-refractivity contribution in [2.45, 2.75) is 20.3 Å². The number of allylic oxidation sites excluding steroid dienone is 3. The van der Waals surface area contributed by atoms with E-state index in [2.05, 4.69) is 15.3 Å². The maximum Gasteiger partial charge on any atom is 0.257 e. The summed E-state index contributed by atoms with van der Waals surface area (Å²) in [6, 6.07) is 0. The van der Waals surface area contributed by atoms with Gasteiger partial charge < -0.3 is 10.2 Å². The van der Waals surface area contributed by atoms with Gasteiger partial charge in [0.2, 0.25) is 5.28 Å². The first-order chi connectivity index (χ1) is 10.2. The second-order valence-corrected chi connectivity index (χ2v) is 5.15. The van der Waals surface area contributed by atoms with Gasteiger partial charge in [-0.25, -0.2) is 4.98 Å². The van der Waals surface area contributed by atoms with E-state index in [1.165, 1.54) is 0 Å². The lowest BCUT2D eigenvalue weighted by molar-refractivity contribution is -0.112. The molecule has 0 saturated carbocycles. The van der Waals surface area contributed by atoms with Crippen molar-refractivity contribution >= 4 is 29.0 Å². The summed E-state index contributed by atoms with van der Waals surface area (Å²) in [4.78, 5) is 22.8. The van der Waals surface area contributed by atoms with Crippen LogP contribution in [0.4, 0.5) is 11.5 Å². The van der Waals surface area contributed by atoms with E-state index in [1.54, 1.807) is 6.20 Å². The normalized spacial score (nSPS) is 19.9. The predicted octanol–water partition coefficient (Wildman–Crippen LogP) is 3.07. The molecule has 1 aromatic rings. The molecule has 0 aliphatic carbocycles. The number of fused-ring (bicyclic) bond motifs is 3. The van der Waals surface area contributed by atoms with Gasteiger partial charge in [-0.1, -0.05) is 18.2 Å². The van der Waals surface area contributed by atoms with E-state index in [9.17, 15) is 4.79 Å². The van der Waals surface area contributed by atoms with Crippen molar-refractivity contribution in [2.24, 2.45) is 0 Å². The van der Waals surface area contributed by atoms with Crippen LogP contribution >= 0.6 is 11.6 Å². The van der Waals surface area contributed by atoms with Crippen molar-refractivity contribution in [1.82, 2.24) is 9.97 Å². The Morgan fingerprint density at radius 3 is 2.95 bits per heavy atom. The van der Waals surface area contributed by atoms with E-state index in [0.717, 1.165) is 24.2 Å². The molecule has 5 nitrogen and oxygen atoms in total. The first-order valence-corrected chi connectivity index (χ1v) is 7.17. The van der Waals surface area contributed by atoms with Crippen molar-refractivity contribution in [3.05, 3.63) is 46.6 Å². The molecule has 2 aliphatic rings. The lowest BCUT2D eigenvalue weighted by Gasteiger charge is -2.19.